The van der Waals surface area contributed by atoms with Gasteiger partial charge >= 0.3 is 5.97 Å². The average Bonchev–Trinajstić information content (AvgIpc) is 3.29. The molecule has 0 N–H and O–H groups in total. The van der Waals surface area contributed by atoms with Crippen LogP contribution in [-0.2, 0) is 11.3 Å². The van der Waals surface area contributed by atoms with E-state index >= 15 is 0 Å². The predicted molar refractivity (Wildman–Crippen MR) is 84.7 cm³/mol. The third kappa shape index (κ3) is 4.60. The van der Waals surface area contributed by atoms with Crippen LogP contribution in [0.25, 0.3) is 10.8 Å². The van der Waals surface area contributed by atoms with Crippen molar-refractivity contribution in [2.24, 2.45) is 0 Å². The number of hydrogen-bond donors (Lipinski definition) is 0. The Balaban J connectivity index is 1.58. The number of nitrogens with zero attached hydrogens (tertiary/aromatic N) is 2. The molecule has 9 heteroatoms. The molecule has 25 heavy (non-hydrogen) atoms. The minimum absolute atomic E-state index is 0.0296. The minimum Gasteiger partial charge on any atom is -0.486 e. The van der Waals surface area contributed by atoms with Crippen LogP contribution in [0.2, 0.25) is 0 Å². The number of alkyl halides is 2. The summed E-state index contributed by atoms with van der Waals surface area (Å²) in [5.74, 6) is 0.0571. The summed E-state index contributed by atoms with van der Waals surface area (Å²) in [6.45, 7) is -0.799. The molecule has 0 atom stereocenters. The topological polar surface area (TPSA) is 74.5 Å². The van der Waals surface area contributed by atoms with Crippen LogP contribution in [0.3, 0.4) is 0 Å². The maximum atomic E-state index is 12.1. The number of thiazole rings is 1. The molecule has 0 saturated heterocycles. The third-order valence-corrected chi connectivity index (χ3v) is 3.87. The van der Waals surface area contributed by atoms with Gasteiger partial charge in [0.1, 0.15) is 19.0 Å². The van der Waals surface area contributed by atoms with Crippen LogP contribution >= 0.6 is 11.3 Å². The number of furan rings is 1. The molecular formula is C16H12F2N2O4S. The molecule has 0 bridgehead atoms. The van der Waals surface area contributed by atoms with Crippen LogP contribution in [-0.4, -0.2) is 29.0 Å². The number of ether oxygens (including phenoxy) is 2. The van der Waals surface area contributed by atoms with E-state index in [0.29, 0.717) is 16.5 Å². The van der Waals surface area contributed by atoms with Gasteiger partial charge in [0, 0.05) is 11.6 Å². The zero-order valence-corrected chi connectivity index (χ0v) is 13.5. The smallest absolute Gasteiger partial charge is 0.340 e. The second kappa shape index (κ2) is 7.84. The predicted octanol–water partition coefficient (Wildman–Crippen LogP) is 3.80. The Labute approximate surface area is 145 Å². The van der Waals surface area contributed by atoms with Gasteiger partial charge in [-0.25, -0.2) is 18.6 Å². The van der Waals surface area contributed by atoms with Gasteiger partial charge < -0.3 is 13.9 Å². The van der Waals surface area contributed by atoms with E-state index in [4.69, 9.17) is 13.9 Å². The molecule has 0 amide bonds. The van der Waals surface area contributed by atoms with Gasteiger partial charge in [-0.05, 0) is 18.2 Å². The van der Waals surface area contributed by atoms with Crippen LogP contribution in [0.5, 0.6) is 5.75 Å². The van der Waals surface area contributed by atoms with E-state index in [0.717, 1.165) is 0 Å². The van der Waals surface area contributed by atoms with Gasteiger partial charge in [-0.15, -0.1) is 11.3 Å². The summed E-state index contributed by atoms with van der Waals surface area (Å²) in [6.07, 6.45) is 1.46. The molecular weight excluding hydrogens is 354 g/mol. The summed E-state index contributed by atoms with van der Waals surface area (Å²) >= 11 is 1.37. The quantitative estimate of drug-likeness (QED) is 0.592. The molecule has 3 aromatic heterocycles. The first-order valence-electron chi connectivity index (χ1n) is 7.13. The van der Waals surface area contributed by atoms with E-state index in [9.17, 15) is 13.6 Å². The maximum Gasteiger partial charge on any atom is 0.340 e. The highest BCUT2D eigenvalue weighted by molar-refractivity contribution is 7.13. The molecule has 0 aliphatic carbocycles. The van der Waals surface area contributed by atoms with Crippen molar-refractivity contribution >= 4 is 17.3 Å². The lowest BCUT2D eigenvalue weighted by molar-refractivity contribution is 0.0467. The Bertz CT molecular complexity index is 836. The minimum atomic E-state index is -2.61. The van der Waals surface area contributed by atoms with Crippen LogP contribution in [0.15, 0.2) is 46.7 Å². The van der Waals surface area contributed by atoms with Crippen LogP contribution in [0.1, 0.15) is 16.1 Å². The number of rotatable bonds is 7. The van der Waals surface area contributed by atoms with Crippen molar-refractivity contribution in [3.8, 4) is 16.5 Å². The van der Waals surface area contributed by atoms with Crippen molar-refractivity contribution in [1.29, 1.82) is 0 Å². The highest BCUT2D eigenvalue weighted by Gasteiger charge is 2.13. The Morgan fingerprint density at radius 1 is 1.36 bits per heavy atom. The summed E-state index contributed by atoms with van der Waals surface area (Å²) in [5, 5.41) is 2.44. The number of esters is 1. The van der Waals surface area contributed by atoms with Crippen molar-refractivity contribution in [3.63, 3.8) is 0 Å². The normalized spacial score (nSPS) is 10.8. The van der Waals surface area contributed by atoms with Gasteiger partial charge in [0.25, 0.3) is 6.43 Å². The van der Waals surface area contributed by atoms with E-state index in [1.807, 2.05) is 0 Å². The summed E-state index contributed by atoms with van der Waals surface area (Å²) in [7, 11) is 0. The summed E-state index contributed by atoms with van der Waals surface area (Å²) < 4.78 is 39.5. The standard InChI is InChI=1S/C16H12F2N2O4S/c17-14(18)8-23-12-4-10(5-19-6-12)16(21)24-7-11-9-25-15(20-11)13-2-1-3-22-13/h1-6,9,14H,7-8H2. The van der Waals surface area contributed by atoms with Crippen LogP contribution in [0, 0.1) is 0 Å². The van der Waals surface area contributed by atoms with Gasteiger partial charge in [-0.2, -0.15) is 0 Å². The number of carbonyl (C=O) groups is 1. The number of hydrogen-bond acceptors (Lipinski definition) is 7. The molecule has 0 aliphatic rings. The largest absolute Gasteiger partial charge is 0.486 e. The molecule has 0 saturated carbocycles. The van der Waals surface area contributed by atoms with Gasteiger partial charge in [-0.3, -0.25) is 4.98 Å². The van der Waals surface area contributed by atoms with Crippen molar-refractivity contribution in [2.75, 3.05) is 6.61 Å². The monoisotopic (exact) mass is 366 g/mol. The molecule has 130 valence electrons. The van der Waals surface area contributed by atoms with E-state index in [1.165, 1.54) is 29.8 Å². The molecule has 0 unspecified atom stereocenters. The molecule has 0 fully saturated rings. The van der Waals surface area contributed by atoms with Crippen molar-refractivity contribution < 1.29 is 27.5 Å². The van der Waals surface area contributed by atoms with Gasteiger partial charge in [0.15, 0.2) is 10.8 Å². The fourth-order valence-electron chi connectivity index (χ4n) is 1.88. The molecule has 3 heterocycles. The van der Waals surface area contributed by atoms with Gasteiger partial charge in [0.2, 0.25) is 0 Å². The SMILES string of the molecule is O=C(OCc1csc(-c2ccco2)n1)c1cncc(OCC(F)F)c1. The molecule has 3 aromatic rings. The van der Waals surface area contributed by atoms with E-state index in [-0.39, 0.29) is 17.9 Å². The van der Waals surface area contributed by atoms with Crippen molar-refractivity contribution in [3.05, 3.63) is 53.5 Å². The average molecular weight is 366 g/mol. The van der Waals surface area contributed by atoms with E-state index in [1.54, 1.807) is 23.8 Å². The summed E-state index contributed by atoms with van der Waals surface area (Å²) in [4.78, 5) is 20.1. The molecule has 0 radical (unpaired) electrons. The van der Waals surface area contributed by atoms with Crippen molar-refractivity contribution in [2.45, 2.75) is 13.0 Å². The fourth-order valence-corrected chi connectivity index (χ4v) is 2.65. The van der Waals surface area contributed by atoms with E-state index in [2.05, 4.69) is 9.97 Å². The van der Waals surface area contributed by atoms with Gasteiger partial charge in [-0.1, -0.05) is 0 Å². The lowest BCUT2D eigenvalue weighted by Gasteiger charge is -2.07. The lowest BCUT2D eigenvalue weighted by atomic mass is 10.3. The Morgan fingerprint density at radius 2 is 2.24 bits per heavy atom. The van der Waals surface area contributed by atoms with Crippen LogP contribution < -0.4 is 4.74 Å². The lowest BCUT2D eigenvalue weighted by Crippen LogP contribution is -2.09. The van der Waals surface area contributed by atoms with E-state index < -0.39 is 19.0 Å². The number of halogens is 2. The highest BCUT2D eigenvalue weighted by atomic mass is 32.1. The Kier molecular flexibility index (Phi) is 5.34. The number of pyridine rings is 1. The Hall–Kier alpha value is -2.81. The molecule has 0 aliphatic heterocycles. The molecule has 6 nitrogen and oxygen atoms in total. The zero-order valence-electron chi connectivity index (χ0n) is 12.7. The first kappa shape index (κ1) is 17.0. The molecule has 0 aromatic carbocycles. The number of aromatic nitrogens is 2. The molecule has 0 spiro atoms. The maximum absolute atomic E-state index is 12.1. The summed E-state index contributed by atoms with van der Waals surface area (Å²) in [5.41, 5.74) is 0.677. The van der Waals surface area contributed by atoms with Gasteiger partial charge in [0.05, 0.1) is 23.7 Å². The second-order valence-electron chi connectivity index (χ2n) is 4.81. The van der Waals surface area contributed by atoms with Crippen molar-refractivity contribution in [1.82, 2.24) is 9.97 Å². The highest BCUT2D eigenvalue weighted by Crippen LogP contribution is 2.24. The third-order valence-electron chi connectivity index (χ3n) is 2.96. The first-order chi connectivity index (χ1) is 12.1. The number of carbonyl (C=O) groups excluding carboxylic acids is 1. The summed E-state index contributed by atoms with van der Waals surface area (Å²) in [6, 6.07) is 4.84. The zero-order chi connectivity index (χ0) is 17.6. The van der Waals surface area contributed by atoms with Crippen LogP contribution in [0.4, 0.5) is 8.78 Å². The Morgan fingerprint density at radius 3 is 3.00 bits per heavy atom. The second-order valence-corrected chi connectivity index (χ2v) is 5.67. The first-order valence-corrected chi connectivity index (χ1v) is 8.01. The molecule has 3 rings (SSSR count). The fraction of sp³-hybridized carbons (Fsp3) is 0.188.